The highest BCUT2D eigenvalue weighted by molar-refractivity contribution is 5.99. The molecule has 1 aromatic heterocycles. The summed E-state index contributed by atoms with van der Waals surface area (Å²) in [7, 11) is 0. The van der Waals surface area contributed by atoms with E-state index in [1.165, 1.54) is 12.1 Å². The van der Waals surface area contributed by atoms with Crippen LogP contribution in [0.25, 0.3) is 0 Å². The van der Waals surface area contributed by atoms with E-state index < -0.39 is 11.7 Å². The summed E-state index contributed by atoms with van der Waals surface area (Å²) in [6.07, 6.45) is 2.74. The number of piperidine rings is 1. The number of anilines is 2. The van der Waals surface area contributed by atoms with E-state index in [0.29, 0.717) is 36.7 Å². The maximum absolute atomic E-state index is 13.5. The normalized spacial score (nSPS) is 14.8. The SMILES string of the molecule is CC(C)(C)OC(=O)NCC1CCN(C(=O)c2cccnc2Nc2cccc(F)c2)CC1. The first-order valence-electron chi connectivity index (χ1n) is 10.4. The van der Waals surface area contributed by atoms with Crippen molar-refractivity contribution in [1.82, 2.24) is 15.2 Å². The zero-order chi connectivity index (χ0) is 22.4. The van der Waals surface area contributed by atoms with Gasteiger partial charge in [0.25, 0.3) is 5.91 Å². The van der Waals surface area contributed by atoms with Crippen molar-refractivity contribution in [3.8, 4) is 0 Å². The summed E-state index contributed by atoms with van der Waals surface area (Å²) >= 11 is 0. The fraction of sp³-hybridized carbons (Fsp3) is 0.435. The number of pyridine rings is 1. The Labute approximate surface area is 182 Å². The molecule has 7 nitrogen and oxygen atoms in total. The third-order valence-electron chi connectivity index (χ3n) is 4.96. The average Bonchev–Trinajstić information content (AvgIpc) is 2.71. The minimum atomic E-state index is -0.527. The summed E-state index contributed by atoms with van der Waals surface area (Å²) in [6, 6.07) is 9.45. The molecule has 0 saturated carbocycles. The first-order chi connectivity index (χ1) is 14.7. The lowest BCUT2D eigenvalue weighted by Gasteiger charge is -2.32. The third-order valence-corrected chi connectivity index (χ3v) is 4.96. The number of aromatic nitrogens is 1. The van der Waals surface area contributed by atoms with E-state index in [0.717, 1.165) is 12.8 Å². The van der Waals surface area contributed by atoms with Crippen molar-refractivity contribution in [2.75, 3.05) is 25.0 Å². The van der Waals surface area contributed by atoms with E-state index in [1.54, 1.807) is 35.4 Å². The molecule has 3 rings (SSSR count). The standard InChI is InChI=1S/C23H29FN4O3/c1-23(2,3)31-22(30)26-15-16-9-12-28(13-10-16)21(29)19-8-5-11-25-20(19)27-18-7-4-6-17(24)14-18/h4-8,11,14,16H,9-10,12-13,15H2,1-3H3,(H,25,27)(H,26,30). The van der Waals surface area contributed by atoms with Crippen LogP contribution in [0.2, 0.25) is 0 Å². The molecule has 2 amide bonds. The number of ether oxygens (including phenoxy) is 1. The van der Waals surface area contributed by atoms with E-state index in [1.807, 2.05) is 20.8 Å². The van der Waals surface area contributed by atoms with Crippen LogP contribution in [0.5, 0.6) is 0 Å². The van der Waals surface area contributed by atoms with Gasteiger partial charge in [0.2, 0.25) is 0 Å². The van der Waals surface area contributed by atoms with Crippen molar-refractivity contribution < 1.29 is 18.7 Å². The topological polar surface area (TPSA) is 83.6 Å². The predicted molar refractivity (Wildman–Crippen MR) is 117 cm³/mol. The van der Waals surface area contributed by atoms with Crippen LogP contribution in [-0.2, 0) is 4.74 Å². The van der Waals surface area contributed by atoms with E-state index >= 15 is 0 Å². The van der Waals surface area contributed by atoms with Crippen molar-refractivity contribution in [2.45, 2.75) is 39.2 Å². The van der Waals surface area contributed by atoms with Gasteiger partial charge in [-0.25, -0.2) is 14.2 Å². The lowest BCUT2D eigenvalue weighted by molar-refractivity contribution is 0.0500. The molecule has 1 aromatic carbocycles. The highest BCUT2D eigenvalue weighted by atomic mass is 19.1. The van der Waals surface area contributed by atoms with Gasteiger partial charge in [0, 0.05) is 31.5 Å². The molecule has 2 aromatic rings. The number of halogens is 1. The predicted octanol–water partition coefficient (Wildman–Crippen LogP) is 4.34. The summed E-state index contributed by atoms with van der Waals surface area (Å²) in [5.74, 6) is 0.198. The number of hydrogen-bond donors (Lipinski definition) is 2. The summed E-state index contributed by atoms with van der Waals surface area (Å²) in [5.41, 5.74) is 0.442. The van der Waals surface area contributed by atoms with Gasteiger partial charge < -0.3 is 20.3 Å². The van der Waals surface area contributed by atoms with Crippen LogP contribution >= 0.6 is 0 Å². The third kappa shape index (κ3) is 6.67. The highest BCUT2D eigenvalue weighted by Gasteiger charge is 2.26. The Morgan fingerprint density at radius 2 is 1.94 bits per heavy atom. The number of hydrogen-bond acceptors (Lipinski definition) is 5. The van der Waals surface area contributed by atoms with Gasteiger partial charge in [-0.1, -0.05) is 6.07 Å². The minimum absolute atomic E-state index is 0.120. The molecule has 1 saturated heterocycles. The Bertz CT molecular complexity index is 921. The van der Waals surface area contributed by atoms with Gasteiger partial charge in [0.05, 0.1) is 5.56 Å². The van der Waals surface area contributed by atoms with Crippen molar-refractivity contribution in [3.63, 3.8) is 0 Å². The highest BCUT2D eigenvalue weighted by Crippen LogP contribution is 2.23. The molecule has 0 radical (unpaired) electrons. The Morgan fingerprint density at radius 1 is 1.19 bits per heavy atom. The molecular weight excluding hydrogens is 399 g/mol. The number of carbonyl (C=O) groups excluding carboxylic acids is 2. The first-order valence-corrected chi connectivity index (χ1v) is 10.4. The monoisotopic (exact) mass is 428 g/mol. The van der Waals surface area contributed by atoms with Crippen molar-refractivity contribution in [2.24, 2.45) is 5.92 Å². The molecule has 0 aliphatic carbocycles. The van der Waals surface area contributed by atoms with Crippen LogP contribution in [-0.4, -0.2) is 47.1 Å². The molecule has 1 aliphatic heterocycles. The molecular formula is C23H29FN4O3. The largest absolute Gasteiger partial charge is 0.444 e. The molecule has 31 heavy (non-hydrogen) atoms. The molecule has 1 aliphatic rings. The van der Waals surface area contributed by atoms with Crippen molar-refractivity contribution in [3.05, 3.63) is 54.0 Å². The fourth-order valence-electron chi connectivity index (χ4n) is 3.43. The summed E-state index contributed by atoms with van der Waals surface area (Å²) in [4.78, 5) is 31.0. The van der Waals surface area contributed by atoms with E-state index in [-0.39, 0.29) is 17.6 Å². The van der Waals surface area contributed by atoms with Crippen molar-refractivity contribution >= 4 is 23.5 Å². The number of carbonyl (C=O) groups is 2. The van der Waals surface area contributed by atoms with E-state index in [9.17, 15) is 14.0 Å². The Kier molecular flexibility index (Phi) is 7.09. The lowest BCUT2D eigenvalue weighted by Crippen LogP contribution is -2.42. The second kappa shape index (κ2) is 9.76. The van der Waals surface area contributed by atoms with E-state index in [4.69, 9.17) is 4.74 Å². The molecule has 2 heterocycles. The van der Waals surface area contributed by atoms with Crippen LogP contribution < -0.4 is 10.6 Å². The number of alkyl carbamates (subject to hydrolysis) is 1. The number of nitrogens with zero attached hydrogens (tertiary/aromatic N) is 2. The van der Waals surface area contributed by atoms with Crippen molar-refractivity contribution in [1.29, 1.82) is 0 Å². The van der Waals surface area contributed by atoms with Gasteiger partial charge in [-0.15, -0.1) is 0 Å². The fourth-order valence-corrected chi connectivity index (χ4v) is 3.43. The second-order valence-electron chi connectivity index (χ2n) is 8.65. The average molecular weight is 429 g/mol. The van der Waals surface area contributed by atoms with Gasteiger partial charge in [-0.2, -0.15) is 0 Å². The maximum Gasteiger partial charge on any atom is 0.407 e. The number of rotatable bonds is 5. The Hall–Kier alpha value is -3.16. The van der Waals surface area contributed by atoms with Crippen LogP contribution in [0.3, 0.4) is 0 Å². The number of likely N-dealkylation sites (tertiary alicyclic amines) is 1. The molecule has 1 fully saturated rings. The Morgan fingerprint density at radius 3 is 2.61 bits per heavy atom. The minimum Gasteiger partial charge on any atom is -0.444 e. The van der Waals surface area contributed by atoms with Gasteiger partial charge in [0.1, 0.15) is 17.2 Å². The van der Waals surface area contributed by atoms with Gasteiger partial charge in [-0.3, -0.25) is 4.79 Å². The van der Waals surface area contributed by atoms with Crippen LogP contribution in [0, 0.1) is 11.7 Å². The quantitative estimate of drug-likeness (QED) is 0.740. The lowest BCUT2D eigenvalue weighted by atomic mass is 9.96. The number of benzene rings is 1. The smallest absolute Gasteiger partial charge is 0.407 e. The molecule has 0 spiro atoms. The molecule has 8 heteroatoms. The summed E-state index contributed by atoms with van der Waals surface area (Å²) in [6.45, 7) is 7.18. The summed E-state index contributed by atoms with van der Waals surface area (Å²) < 4.78 is 18.7. The van der Waals surface area contributed by atoms with Gasteiger partial charge in [0.15, 0.2) is 0 Å². The number of amides is 2. The van der Waals surface area contributed by atoms with Crippen LogP contribution in [0.1, 0.15) is 44.0 Å². The van der Waals surface area contributed by atoms with Gasteiger partial charge in [-0.05, 0) is 69.9 Å². The maximum atomic E-state index is 13.5. The van der Waals surface area contributed by atoms with Crippen LogP contribution in [0.15, 0.2) is 42.6 Å². The second-order valence-corrected chi connectivity index (χ2v) is 8.65. The Balaban J connectivity index is 1.56. The molecule has 166 valence electrons. The molecule has 2 N–H and O–H groups in total. The zero-order valence-electron chi connectivity index (χ0n) is 18.2. The van der Waals surface area contributed by atoms with E-state index in [2.05, 4.69) is 15.6 Å². The number of nitrogens with one attached hydrogen (secondary N) is 2. The molecule has 0 atom stereocenters. The zero-order valence-corrected chi connectivity index (χ0v) is 18.2. The molecule has 0 bridgehead atoms. The molecule has 0 unspecified atom stereocenters. The van der Waals surface area contributed by atoms with Crippen LogP contribution in [0.4, 0.5) is 20.7 Å². The van der Waals surface area contributed by atoms with Gasteiger partial charge >= 0.3 is 6.09 Å². The first kappa shape index (κ1) is 22.5. The summed E-state index contributed by atoms with van der Waals surface area (Å²) in [5, 5.41) is 5.84.